The highest BCUT2D eigenvalue weighted by Crippen LogP contribution is 2.14. The van der Waals surface area contributed by atoms with Crippen molar-refractivity contribution in [3.63, 3.8) is 0 Å². The fourth-order valence-corrected chi connectivity index (χ4v) is 1.72. The molecule has 0 atom stereocenters. The predicted molar refractivity (Wildman–Crippen MR) is 59.4 cm³/mol. The molecule has 0 aliphatic heterocycles. The molecule has 0 spiro atoms. The lowest BCUT2D eigenvalue weighted by Gasteiger charge is -2.13. The number of nitrogens with zero attached hydrogens (tertiary/aromatic N) is 2. The van der Waals surface area contributed by atoms with Gasteiger partial charge in [-0.3, -0.25) is 0 Å². The van der Waals surface area contributed by atoms with E-state index in [9.17, 15) is 4.79 Å². The molecule has 1 aromatic rings. The number of hydrogen-bond donors (Lipinski definition) is 1. The van der Waals surface area contributed by atoms with E-state index in [1.54, 1.807) is 0 Å². The first kappa shape index (κ1) is 11.8. The maximum Gasteiger partial charge on any atom is 0.352 e. The van der Waals surface area contributed by atoms with Crippen LogP contribution in [0.3, 0.4) is 0 Å². The van der Waals surface area contributed by atoms with E-state index < -0.39 is 5.97 Å². The van der Waals surface area contributed by atoms with E-state index in [0.717, 1.165) is 17.8 Å². The monoisotopic (exact) mass is 210 g/mol. The van der Waals surface area contributed by atoms with Crippen molar-refractivity contribution in [1.29, 1.82) is 0 Å². The molecular formula is C11H18N2O2. The fraction of sp³-hybridized carbons (Fsp3) is 0.545. The van der Waals surface area contributed by atoms with Crippen LogP contribution in [0.1, 0.15) is 21.7 Å². The van der Waals surface area contributed by atoms with Crippen LogP contribution < -0.4 is 0 Å². The summed E-state index contributed by atoms with van der Waals surface area (Å²) < 4.78 is 1.86. The second-order valence-corrected chi connectivity index (χ2v) is 4.08. The van der Waals surface area contributed by atoms with Gasteiger partial charge in [-0.15, -0.1) is 0 Å². The Morgan fingerprint density at radius 3 is 2.53 bits per heavy atom. The number of carboxylic acids is 1. The number of aromatic nitrogens is 1. The van der Waals surface area contributed by atoms with Gasteiger partial charge in [0.15, 0.2) is 0 Å². The van der Waals surface area contributed by atoms with Crippen LogP contribution in [0.2, 0.25) is 0 Å². The quantitative estimate of drug-likeness (QED) is 0.816. The predicted octanol–water partition coefficient (Wildman–Crippen LogP) is 1.36. The summed E-state index contributed by atoms with van der Waals surface area (Å²) in [7, 11) is 3.96. The molecule has 1 heterocycles. The van der Waals surface area contributed by atoms with Crippen LogP contribution in [-0.4, -0.2) is 41.2 Å². The largest absolute Gasteiger partial charge is 0.477 e. The average molecular weight is 210 g/mol. The highest BCUT2D eigenvalue weighted by atomic mass is 16.4. The van der Waals surface area contributed by atoms with Gasteiger partial charge in [0, 0.05) is 18.8 Å². The summed E-state index contributed by atoms with van der Waals surface area (Å²) in [6.07, 6.45) is 0. The van der Waals surface area contributed by atoms with Crippen LogP contribution in [0.25, 0.3) is 0 Å². The first-order valence-electron chi connectivity index (χ1n) is 4.98. The van der Waals surface area contributed by atoms with Gasteiger partial charge >= 0.3 is 5.97 Å². The van der Waals surface area contributed by atoms with Crippen molar-refractivity contribution in [2.24, 2.45) is 0 Å². The lowest BCUT2D eigenvalue weighted by molar-refractivity contribution is 0.0683. The Labute approximate surface area is 90.1 Å². The standard InChI is InChI=1S/C11H18N2O2/c1-8-7-9(2)13(6-5-12(3)4)10(8)11(14)15/h7H,5-6H2,1-4H3,(H,14,15). The summed E-state index contributed by atoms with van der Waals surface area (Å²) in [6.45, 7) is 5.33. The number of hydrogen-bond acceptors (Lipinski definition) is 2. The van der Waals surface area contributed by atoms with Gasteiger partial charge in [-0.2, -0.15) is 0 Å². The van der Waals surface area contributed by atoms with E-state index in [4.69, 9.17) is 5.11 Å². The van der Waals surface area contributed by atoms with E-state index in [1.807, 2.05) is 43.5 Å². The summed E-state index contributed by atoms with van der Waals surface area (Å²) in [5, 5.41) is 9.09. The molecule has 0 fully saturated rings. The van der Waals surface area contributed by atoms with Gasteiger partial charge in [0.2, 0.25) is 0 Å². The zero-order valence-electron chi connectivity index (χ0n) is 9.74. The first-order valence-corrected chi connectivity index (χ1v) is 4.98. The third kappa shape index (κ3) is 2.59. The summed E-state index contributed by atoms with van der Waals surface area (Å²) in [6, 6.07) is 1.92. The van der Waals surface area contributed by atoms with Crippen molar-refractivity contribution < 1.29 is 9.90 Å². The number of aromatic carboxylic acids is 1. The summed E-state index contributed by atoms with van der Waals surface area (Å²) in [5.74, 6) is -0.848. The maximum absolute atomic E-state index is 11.1. The molecule has 1 aromatic heterocycles. The molecule has 0 saturated heterocycles. The van der Waals surface area contributed by atoms with Crippen LogP contribution in [0.5, 0.6) is 0 Å². The molecule has 0 radical (unpaired) electrons. The lowest BCUT2D eigenvalue weighted by atomic mass is 10.2. The molecule has 0 aliphatic rings. The van der Waals surface area contributed by atoms with Gasteiger partial charge in [-0.05, 0) is 39.6 Å². The normalized spacial score (nSPS) is 11.0. The Morgan fingerprint density at radius 2 is 2.07 bits per heavy atom. The Kier molecular flexibility index (Phi) is 3.52. The Hall–Kier alpha value is -1.29. The molecule has 0 saturated carbocycles. The molecular weight excluding hydrogens is 192 g/mol. The van der Waals surface area contributed by atoms with Crippen molar-refractivity contribution in [2.75, 3.05) is 20.6 Å². The SMILES string of the molecule is Cc1cc(C)n(CCN(C)C)c1C(=O)O. The maximum atomic E-state index is 11.1. The highest BCUT2D eigenvalue weighted by Gasteiger charge is 2.15. The Balaban J connectivity index is 2.99. The minimum atomic E-state index is -0.848. The topological polar surface area (TPSA) is 45.5 Å². The third-order valence-electron chi connectivity index (χ3n) is 2.47. The number of aryl methyl sites for hydroxylation is 2. The molecule has 0 amide bonds. The van der Waals surface area contributed by atoms with Crippen LogP contribution in [0.15, 0.2) is 6.07 Å². The third-order valence-corrected chi connectivity index (χ3v) is 2.47. The zero-order chi connectivity index (χ0) is 11.6. The molecule has 1 rings (SSSR count). The van der Waals surface area contributed by atoms with Gasteiger partial charge in [-0.1, -0.05) is 0 Å². The fourth-order valence-electron chi connectivity index (χ4n) is 1.72. The van der Waals surface area contributed by atoms with Gasteiger partial charge in [-0.25, -0.2) is 4.79 Å². The van der Waals surface area contributed by atoms with E-state index >= 15 is 0 Å². The Morgan fingerprint density at radius 1 is 1.47 bits per heavy atom. The Bertz CT molecular complexity index is 367. The number of likely N-dealkylation sites (N-methyl/N-ethyl adjacent to an activating group) is 1. The smallest absolute Gasteiger partial charge is 0.352 e. The molecule has 0 unspecified atom stereocenters. The van der Waals surface area contributed by atoms with Crippen LogP contribution in [-0.2, 0) is 6.54 Å². The molecule has 84 valence electrons. The highest BCUT2D eigenvalue weighted by molar-refractivity contribution is 5.87. The summed E-state index contributed by atoms with van der Waals surface area (Å²) >= 11 is 0. The minimum Gasteiger partial charge on any atom is -0.477 e. The summed E-state index contributed by atoms with van der Waals surface area (Å²) in [5.41, 5.74) is 2.25. The molecule has 0 bridgehead atoms. The van der Waals surface area contributed by atoms with Crippen molar-refractivity contribution in [3.8, 4) is 0 Å². The van der Waals surface area contributed by atoms with Crippen LogP contribution >= 0.6 is 0 Å². The number of carboxylic acid groups (broad SMARTS) is 1. The van der Waals surface area contributed by atoms with Crippen molar-refractivity contribution >= 4 is 5.97 Å². The molecule has 4 nitrogen and oxygen atoms in total. The number of rotatable bonds is 4. The van der Waals surface area contributed by atoms with Crippen molar-refractivity contribution in [1.82, 2.24) is 9.47 Å². The number of carbonyl (C=O) groups is 1. The van der Waals surface area contributed by atoms with E-state index in [0.29, 0.717) is 12.2 Å². The van der Waals surface area contributed by atoms with Gasteiger partial charge in [0.1, 0.15) is 5.69 Å². The second-order valence-electron chi connectivity index (χ2n) is 4.08. The first-order chi connectivity index (χ1) is 6.93. The van der Waals surface area contributed by atoms with Gasteiger partial charge in [0.05, 0.1) is 0 Å². The zero-order valence-corrected chi connectivity index (χ0v) is 9.74. The lowest BCUT2D eigenvalue weighted by Crippen LogP contribution is -2.21. The van der Waals surface area contributed by atoms with Crippen LogP contribution in [0.4, 0.5) is 0 Å². The molecule has 4 heteroatoms. The van der Waals surface area contributed by atoms with Gasteiger partial charge in [0.25, 0.3) is 0 Å². The van der Waals surface area contributed by atoms with Crippen molar-refractivity contribution in [3.05, 3.63) is 23.0 Å². The van der Waals surface area contributed by atoms with E-state index in [2.05, 4.69) is 0 Å². The minimum absolute atomic E-state index is 0.411. The average Bonchev–Trinajstić information content (AvgIpc) is 2.37. The van der Waals surface area contributed by atoms with E-state index in [1.165, 1.54) is 0 Å². The van der Waals surface area contributed by atoms with E-state index in [-0.39, 0.29) is 0 Å². The second kappa shape index (κ2) is 4.49. The molecule has 1 N–H and O–H groups in total. The van der Waals surface area contributed by atoms with Crippen molar-refractivity contribution in [2.45, 2.75) is 20.4 Å². The van der Waals surface area contributed by atoms with Crippen LogP contribution in [0, 0.1) is 13.8 Å². The summed E-state index contributed by atoms with van der Waals surface area (Å²) in [4.78, 5) is 13.1. The molecule has 15 heavy (non-hydrogen) atoms. The molecule has 0 aliphatic carbocycles. The van der Waals surface area contributed by atoms with Gasteiger partial charge < -0.3 is 14.6 Å². The molecule has 0 aromatic carbocycles.